The Balaban J connectivity index is 2.83. The number of anilines is 1. The highest BCUT2D eigenvalue weighted by molar-refractivity contribution is 5.83. The standard InChI is InChI=1S/C19H30N2/c1-11(2)16-9-13(5)15(7)21(8)19-14(6)20-10-17(12(3)4)18(16)19/h9-13,15H,1-8H3/t13-,15-/m1/s1. The molecule has 0 bridgehead atoms. The fourth-order valence-corrected chi connectivity index (χ4v) is 3.33. The molecular weight excluding hydrogens is 256 g/mol. The maximum atomic E-state index is 4.69. The summed E-state index contributed by atoms with van der Waals surface area (Å²) in [6, 6.07) is 0.489. The Hall–Kier alpha value is -1.31. The Morgan fingerprint density at radius 3 is 2.24 bits per heavy atom. The molecule has 2 nitrogen and oxygen atoms in total. The van der Waals surface area contributed by atoms with Gasteiger partial charge in [0.2, 0.25) is 0 Å². The molecule has 2 atom stereocenters. The summed E-state index contributed by atoms with van der Waals surface area (Å²) in [5.74, 6) is 1.56. The van der Waals surface area contributed by atoms with Gasteiger partial charge in [-0.2, -0.15) is 0 Å². The molecule has 0 radical (unpaired) electrons. The molecule has 2 heteroatoms. The molecule has 0 saturated heterocycles. The fourth-order valence-electron chi connectivity index (χ4n) is 3.33. The van der Waals surface area contributed by atoms with Crippen LogP contribution in [0, 0.1) is 18.8 Å². The van der Waals surface area contributed by atoms with Crippen LogP contribution < -0.4 is 4.90 Å². The van der Waals surface area contributed by atoms with Gasteiger partial charge in [-0.25, -0.2) is 0 Å². The number of hydrogen-bond acceptors (Lipinski definition) is 2. The monoisotopic (exact) mass is 286 g/mol. The third-order valence-electron chi connectivity index (χ3n) is 4.97. The molecule has 0 saturated carbocycles. The predicted octanol–water partition coefficient (Wildman–Crippen LogP) is 5.03. The molecule has 1 aliphatic heterocycles. The molecule has 0 fully saturated rings. The molecule has 0 N–H and O–H groups in total. The maximum Gasteiger partial charge on any atom is 0.0661 e. The van der Waals surface area contributed by atoms with Crippen molar-refractivity contribution in [3.8, 4) is 0 Å². The fraction of sp³-hybridized carbons (Fsp3) is 0.632. The summed E-state index contributed by atoms with van der Waals surface area (Å²) in [5.41, 5.74) is 6.78. The number of allylic oxidation sites excluding steroid dienone is 1. The molecular formula is C19H30N2. The van der Waals surface area contributed by atoms with Crippen LogP contribution in [0.25, 0.3) is 5.57 Å². The molecule has 1 aliphatic rings. The van der Waals surface area contributed by atoms with Gasteiger partial charge < -0.3 is 4.90 Å². The molecule has 21 heavy (non-hydrogen) atoms. The second kappa shape index (κ2) is 5.82. The summed E-state index contributed by atoms with van der Waals surface area (Å²) in [7, 11) is 2.22. The second-order valence-corrected chi connectivity index (χ2v) is 7.16. The Bertz CT molecular complexity index is 555. The van der Waals surface area contributed by atoms with Crippen molar-refractivity contribution in [3.63, 3.8) is 0 Å². The van der Waals surface area contributed by atoms with Crippen LogP contribution in [0.3, 0.4) is 0 Å². The first kappa shape index (κ1) is 16.1. The van der Waals surface area contributed by atoms with Crippen molar-refractivity contribution in [1.29, 1.82) is 0 Å². The zero-order chi connectivity index (χ0) is 15.9. The SMILES string of the molecule is Cc1ncc(C(C)C)c2c1N(C)[C@H](C)[C@H](C)C=C2C(C)C. The topological polar surface area (TPSA) is 16.1 Å². The van der Waals surface area contributed by atoms with Crippen LogP contribution in [0.2, 0.25) is 0 Å². The van der Waals surface area contributed by atoms with Gasteiger partial charge in [-0.3, -0.25) is 4.98 Å². The van der Waals surface area contributed by atoms with Gasteiger partial charge in [0.05, 0.1) is 11.4 Å². The van der Waals surface area contributed by atoms with Crippen molar-refractivity contribution in [1.82, 2.24) is 4.98 Å². The zero-order valence-corrected chi connectivity index (χ0v) is 14.9. The van der Waals surface area contributed by atoms with Crippen LogP contribution in [0.5, 0.6) is 0 Å². The van der Waals surface area contributed by atoms with E-state index in [4.69, 9.17) is 4.98 Å². The minimum absolute atomic E-state index is 0.489. The van der Waals surface area contributed by atoms with Gasteiger partial charge in [0, 0.05) is 24.8 Å². The highest BCUT2D eigenvalue weighted by Crippen LogP contribution is 2.42. The van der Waals surface area contributed by atoms with E-state index in [-0.39, 0.29) is 0 Å². The smallest absolute Gasteiger partial charge is 0.0661 e. The van der Waals surface area contributed by atoms with E-state index >= 15 is 0 Å². The normalized spacial score (nSPS) is 22.4. The van der Waals surface area contributed by atoms with Crippen molar-refractivity contribution in [2.45, 2.75) is 60.4 Å². The summed E-state index contributed by atoms with van der Waals surface area (Å²) >= 11 is 0. The lowest BCUT2D eigenvalue weighted by Crippen LogP contribution is -2.33. The summed E-state index contributed by atoms with van der Waals surface area (Å²) in [5, 5.41) is 0. The summed E-state index contributed by atoms with van der Waals surface area (Å²) in [6.07, 6.45) is 4.58. The third-order valence-corrected chi connectivity index (χ3v) is 4.97. The van der Waals surface area contributed by atoms with Crippen LogP contribution in [-0.2, 0) is 0 Å². The summed E-state index contributed by atoms with van der Waals surface area (Å²) in [6.45, 7) is 15.9. The number of pyridine rings is 1. The van der Waals surface area contributed by atoms with Gasteiger partial charge in [0.25, 0.3) is 0 Å². The van der Waals surface area contributed by atoms with E-state index in [1.165, 1.54) is 22.4 Å². The predicted molar refractivity (Wildman–Crippen MR) is 92.9 cm³/mol. The van der Waals surface area contributed by atoms with Crippen molar-refractivity contribution in [3.05, 3.63) is 29.1 Å². The van der Waals surface area contributed by atoms with Gasteiger partial charge >= 0.3 is 0 Å². The van der Waals surface area contributed by atoms with E-state index in [2.05, 4.69) is 72.7 Å². The van der Waals surface area contributed by atoms with Crippen molar-refractivity contribution < 1.29 is 0 Å². The minimum atomic E-state index is 0.489. The lowest BCUT2D eigenvalue weighted by atomic mass is 9.86. The van der Waals surface area contributed by atoms with E-state index < -0.39 is 0 Å². The third kappa shape index (κ3) is 2.73. The number of rotatable bonds is 2. The van der Waals surface area contributed by atoms with E-state index in [0.717, 1.165) is 5.69 Å². The number of fused-ring (bicyclic) bond motifs is 1. The van der Waals surface area contributed by atoms with Crippen LogP contribution >= 0.6 is 0 Å². The maximum absolute atomic E-state index is 4.69. The van der Waals surface area contributed by atoms with Crippen molar-refractivity contribution >= 4 is 11.3 Å². The Morgan fingerprint density at radius 1 is 1.10 bits per heavy atom. The van der Waals surface area contributed by atoms with Crippen LogP contribution in [-0.4, -0.2) is 18.1 Å². The molecule has 0 amide bonds. The van der Waals surface area contributed by atoms with E-state index in [9.17, 15) is 0 Å². The number of aryl methyl sites for hydroxylation is 1. The molecule has 0 aromatic carbocycles. The quantitative estimate of drug-likeness (QED) is 0.758. The number of hydrogen-bond donors (Lipinski definition) is 0. The lowest BCUT2D eigenvalue weighted by molar-refractivity contribution is 0.554. The highest BCUT2D eigenvalue weighted by Gasteiger charge is 2.29. The molecule has 1 aromatic rings. The molecule has 2 rings (SSSR count). The Kier molecular flexibility index (Phi) is 4.46. The van der Waals surface area contributed by atoms with Crippen molar-refractivity contribution in [2.24, 2.45) is 11.8 Å². The Morgan fingerprint density at radius 2 is 1.71 bits per heavy atom. The highest BCUT2D eigenvalue weighted by atomic mass is 15.1. The van der Waals surface area contributed by atoms with Gasteiger partial charge in [0.15, 0.2) is 0 Å². The summed E-state index contributed by atoms with van der Waals surface area (Å²) < 4.78 is 0. The average Bonchev–Trinajstić information content (AvgIpc) is 2.50. The lowest BCUT2D eigenvalue weighted by Gasteiger charge is -2.31. The number of aromatic nitrogens is 1. The van der Waals surface area contributed by atoms with Gasteiger partial charge in [-0.1, -0.05) is 40.7 Å². The molecule has 0 unspecified atom stereocenters. The largest absolute Gasteiger partial charge is 0.369 e. The average molecular weight is 286 g/mol. The minimum Gasteiger partial charge on any atom is -0.369 e. The van der Waals surface area contributed by atoms with Crippen LogP contribution in [0.15, 0.2) is 12.3 Å². The first-order valence-electron chi connectivity index (χ1n) is 8.20. The molecule has 0 spiro atoms. The first-order chi connectivity index (χ1) is 9.75. The van der Waals surface area contributed by atoms with Crippen LogP contribution in [0.1, 0.15) is 64.3 Å². The van der Waals surface area contributed by atoms with Gasteiger partial charge in [-0.15, -0.1) is 0 Å². The molecule has 0 aliphatic carbocycles. The zero-order valence-electron chi connectivity index (χ0n) is 14.9. The molecule has 2 heterocycles. The first-order valence-corrected chi connectivity index (χ1v) is 8.20. The molecule has 1 aromatic heterocycles. The molecule has 116 valence electrons. The van der Waals surface area contributed by atoms with Crippen molar-refractivity contribution in [2.75, 3.05) is 11.9 Å². The second-order valence-electron chi connectivity index (χ2n) is 7.16. The van der Waals surface area contributed by atoms with Gasteiger partial charge in [0.1, 0.15) is 0 Å². The summed E-state index contributed by atoms with van der Waals surface area (Å²) in [4.78, 5) is 7.12. The van der Waals surface area contributed by atoms with Gasteiger partial charge in [-0.05, 0) is 42.7 Å². The van der Waals surface area contributed by atoms with Crippen LogP contribution in [0.4, 0.5) is 5.69 Å². The van der Waals surface area contributed by atoms with E-state index in [1.807, 2.05) is 0 Å². The van der Waals surface area contributed by atoms with E-state index in [1.54, 1.807) is 0 Å². The number of nitrogens with zero attached hydrogens (tertiary/aromatic N) is 2. The van der Waals surface area contributed by atoms with E-state index in [0.29, 0.717) is 23.8 Å². The Labute approximate surface area is 130 Å².